The maximum Gasteiger partial charge on any atom is 0.230 e. The van der Waals surface area contributed by atoms with Crippen molar-refractivity contribution in [2.24, 2.45) is 11.8 Å². The summed E-state index contributed by atoms with van der Waals surface area (Å²) in [5.74, 6) is -0.325. The van der Waals surface area contributed by atoms with E-state index in [-0.39, 0.29) is 17.9 Å². The molecule has 1 aromatic heterocycles. The Morgan fingerprint density at radius 3 is 3.16 bits per heavy atom. The number of carbonyl (C=O) groups excluding carboxylic acids is 2. The number of nitrogens with one attached hydrogen (secondary N) is 1. The molecule has 2 amide bonds. The van der Waals surface area contributed by atoms with E-state index in [1.165, 1.54) is 0 Å². The highest BCUT2D eigenvalue weighted by Gasteiger charge is 2.66. The van der Waals surface area contributed by atoms with E-state index in [4.69, 9.17) is 9.47 Å². The van der Waals surface area contributed by atoms with Crippen molar-refractivity contribution in [1.82, 2.24) is 19.8 Å². The summed E-state index contributed by atoms with van der Waals surface area (Å²) >= 11 is 0. The molecule has 2 saturated heterocycles. The quantitative estimate of drug-likeness (QED) is 0.721. The van der Waals surface area contributed by atoms with E-state index in [2.05, 4.69) is 9.97 Å². The van der Waals surface area contributed by atoms with Gasteiger partial charge >= 0.3 is 0 Å². The summed E-state index contributed by atoms with van der Waals surface area (Å²) in [6.45, 7) is 1.84. The van der Waals surface area contributed by atoms with Crippen LogP contribution in [0.25, 0.3) is 0 Å². The topological polar surface area (TPSA) is 87.8 Å². The van der Waals surface area contributed by atoms with E-state index in [0.29, 0.717) is 32.1 Å². The molecule has 134 valence electrons. The Bertz CT molecular complexity index is 704. The molecule has 3 aliphatic rings. The van der Waals surface area contributed by atoms with Crippen molar-refractivity contribution < 1.29 is 19.1 Å². The van der Waals surface area contributed by atoms with Crippen LogP contribution in [0, 0.1) is 11.8 Å². The first-order valence-corrected chi connectivity index (χ1v) is 8.44. The van der Waals surface area contributed by atoms with Gasteiger partial charge in [-0.2, -0.15) is 0 Å². The molecule has 8 nitrogen and oxygen atoms in total. The standard InChI is InChI=1S/C17H22N4O4/c1-20(9-12-18-5-6-19-12)15(22)13-11-3-4-17(25-11)10-21(7-8-24-2)16(23)14(13)17/h3-6,11,13-14H,7-10H2,1-2H3,(H,18,19)/t11-,13?,14?,17-/m1/s1. The zero-order chi connectivity index (χ0) is 17.6. The minimum atomic E-state index is -0.665. The molecule has 1 aromatic rings. The van der Waals surface area contributed by atoms with Gasteiger partial charge in [-0.1, -0.05) is 12.2 Å². The van der Waals surface area contributed by atoms with Crippen LogP contribution in [0.4, 0.5) is 0 Å². The molecule has 0 radical (unpaired) electrons. The van der Waals surface area contributed by atoms with E-state index in [1.807, 2.05) is 12.2 Å². The summed E-state index contributed by atoms with van der Waals surface area (Å²) in [5.41, 5.74) is -0.665. The molecule has 0 aromatic carbocycles. The zero-order valence-corrected chi connectivity index (χ0v) is 14.3. The number of carbonyl (C=O) groups is 2. The summed E-state index contributed by atoms with van der Waals surface area (Å²) in [6.07, 6.45) is 6.93. The second kappa shape index (κ2) is 5.96. The van der Waals surface area contributed by atoms with Gasteiger partial charge in [-0.15, -0.1) is 0 Å². The Morgan fingerprint density at radius 1 is 1.60 bits per heavy atom. The number of imidazole rings is 1. The second-order valence-electron chi connectivity index (χ2n) is 6.88. The molecule has 2 fully saturated rings. The Balaban J connectivity index is 1.53. The third kappa shape index (κ3) is 2.47. The smallest absolute Gasteiger partial charge is 0.230 e. The number of rotatable bonds is 6. The van der Waals surface area contributed by atoms with Gasteiger partial charge in [0.25, 0.3) is 0 Å². The van der Waals surface area contributed by atoms with Crippen molar-refractivity contribution in [3.8, 4) is 0 Å². The zero-order valence-electron chi connectivity index (χ0n) is 14.3. The van der Waals surface area contributed by atoms with Crippen LogP contribution < -0.4 is 0 Å². The minimum Gasteiger partial charge on any atom is -0.383 e. The number of fused-ring (bicyclic) bond motifs is 1. The number of hydrogen-bond donors (Lipinski definition) is 1. The van der Waals surface area contributed by atoms with Crippen LogP contribution in [0.3, 0.4) is 0 Å². The Hall–Kier alpha value is -2.19. The molecule has 4 heterocycles. The minimum absolute atomic E-state index is 0.0198. The van der Waals surface area contributed by atoms with Crippen molar-refractivity contribution in [2.45, 2.75) is 18.2 Å². The van der Waals surface area contributed by atoms with E-state index in [0.717, 1.165) is 0 Å². The predicted molar refractivity (Wildman–Crippen MR) is 87.2 cm³/mol. The molecule has 2 unspecified atom stereocenters. The lowest BCUT2D eigenvalue weighted by atomic mass is 9.76. The normalized spacial score (nSPS) is 32.5. The molecular weight excluding hydrogens is 324 g/mol. The molecule has 8 heteroatoms. The number of hydrogen-bond acceptors (Lipinski definition) is 5. The van der Waals surface area contributed by atoms with Crippen molar-refractivity contribution in [1.29, 1.82) is 0 Å². The molecule has 0 saturated carbocycles. The summed E-state index contributed by atoms with van der Waals surface area (Å²) in [4.78, 5) is 36.4. The fraction of sp³-hybridized carbons (Fsp3) is 0.588. The lowest BCUT2D eigenvalue weighted by Gasteiger charge is -2.27. The molecule has 1 spiro atoms. The molecule has 4 rings (SSSR count). The van der Waals surface area contributed by atoms with Gasteiger partial charge in [0.1, 0.15) is 11.4 Å². The highest BCUT2D eigenvalue weighted by atomic mass is 16.5. The maximum absolute atomic E-state index is 13.0. The number of nitrogens with zero attached hydrogens (tertiary/aromatic N) is 3. The third-order valence-corrected chi connectivity index (χ3v) is 5.35. The van der Waals surface area contributed by atoms with Gasteiger partial charge in [-0.25, -0.2) is 4.98 Å². The number of methoxy groups -OCH3 is 1. The van der Waals surface area contributed by atoms with E-state index in [9.17, 15) is 9.59 Å². The first kappa shape index (κ1) is 16.3. The van der Waals surface area contributed by atoms with Crippen LogP contribution in [-0.2, 0) is 25.6 Å². The predicted octanol–water partition coefficient (Wildman–Crippen LogP) is -0.203. The number of aromatic amines is 1. The molecule has 25 heavy (non-hydrogen) atoms. The molecule has 4 atom stereocenters. The van der Waals surface area contributed by atoms with Gasteiger partial charge in [0, 0.05) is 33.1 Å². The first-order chi connectivity index (χ1) is 12.1. The van der Waals surface area contributed by atoms with Crippen LogP contribution in [0.1, 0.15) is 5.82 Å². The number of ether oxygens (including phenoxy) is 2. The summed E-state index contributed by atoms with van der Waals surface area (Å²) in [5, 5.41) is 0. The van der Waals surface area contributed by atoms with Crippen molar-refractivity contribution >= 4 is 11.8 Å². The average Bonchev–Trinajstić information content (AvgIpc) is 3.35. The van der Waals surface area contributed by atoms with Gasteiger partial charge < -0.3 is 24.3 Å². The Morgan fingerprint density at radius 2 is 2.44 bits per heavy atom. The lowest BCUT2D eigenvalue weighted by molar-refractivity contribution is -0.143. The lowest BCUT2D eigenvalue weighted by Crippen LogP contribution is -2.44. The largest absolute Gasteiger partial charge is 0.383 e. The fourth-order valence-electron chi connectivity index (χ4n) is 4.19. The molecule has 2 bridgehead atoms. The van der Waals surface area contributed by atoms with Crippen LogP contribution in [0.15, 0.2) is 24.5 Å². The van der Waals surface area contributed by atoms with Crippen molar-refractivity contribution in [2.75, 3.05) is 33.9 Å². The van der Waals surface area contributed by atoms with Crippen LogP contribution >= 0.6 is 0 Å². The van der Waals surface area contributed by atoms with Gasteiger partial charge in [0.15, 0.2) is 0 Å². The van der Waals surface area contributed by atoms with Gasteiger partial charge in [0.2, 0.25) is 11.8 Å². The monoisotopic (exact) mass is 346 g/mol. The van der Waals surface area contributed by atoms with Crippen molar-refractivity contribution in [3.05, 3.63) is 30.4 Å². The SMILES string of the molecule is COCCN1C[C@@]23C=C[C@@H](O2)C(C(=O)N(C)Cc2ncc[nH]2)C3C1=O. The highest BCUT2D eigenvalue weighted by Crippen LogP contribution is 2.52. The summed E-state index contributed by atoms with van der Waals surface area (Å²) in [7, 11) is 3.34. The van der Waals surface area contributed by atoms with Crippen LogP contribution in [0.5, 0.6) is 0 Å². The number of likely N-dealkylation sites (tertiary alicyclic amines) is 1. The number of aromatic nitrogens is 2. The number of H-pyrrole nitrogens is 1. The first-order valence-electron chi connectivity index (χ1n) is 8.44. The Labute approximate surface area is 145 Å². The molecule has 0 aliphatic carbocycles. The van der Waals surface area contributed by atoms with E-state index >= 15 is 0 Å². The Kier molecular flexibility index (Phi) is 3.88. The maximum atomic E-state index is 13.0. The van der Waals surface area contributed by atoms with Crippen LogP contribution in [0.2, 0.25) is 0 Å². The second-order valence-corrected chi connectivity index (χ2v) is 6.88. The molecule has 1 N–H and O–H groups in total. The van der Waals surface area contributed by atoms with Crippen molar-refractivity contribution in [3.63, 3.8) is 0 Å². The summed E-state index contributed by atoms with van der Waals surface area (Å²) < 4.78 is 11.2. The third-order valence-electron chi connectivity index (χ3n) is 5.35. The van der Waals surface area contributed by atoms with E-state index < -0.39 is 17.4 Å². The van der Waals surface area contributed by atoms with E-state index in [1.54, 1.807) is 36.4 Å². The van der Waals surface area contributed by atoms with Crippen LogP contribution in [-0.4, -0.2) is 77.1 Å². The summed E-state index contributed by atoms with van der Waals surface area (Å²) in [6, 6.07) is 0. The van der Waals surface area contributed by atoms with Gasteiger partial charge in [-0.05, 0) is 0 Å². The molecule has 3 aliphatic heterocycles. The fourth-order valence-corrected chi connectivity index (χ4v) is 4.19. The highest BCUT2D eigenvalue weighted by molar-refractivity contribution is 5.92. The van der Waals surface area contributed by atoms with Gasteiger partial charge in [0.05, 0.1) is 37.6 Å². The number of amides is 2. The van der Waals surface area contributed by atoms with Gasteiger partial charge in [-0.3, -0.25) is 9.59 Å². The average molecular weight is 346 g/mol. The molecular formula is C17H22N4O4.